The van der Waals surface area contributed by atoms with Crippen molar-refractivity contribution >= 4 is 21.9 Å². The van der Waals surface area contributed by atoms with E-state index >= 15 is 0 Å². The van der Waals surface area contributed by atoms with E-state index in [1.807, 2.05) is 30.3 Å². The van der Waals surface area contributed by atoms with Crippen molar-refractivity contribution in [3.63, 3.8) is 0 Å². The van der Waals surface area contributed by atoms with E-state index in [-0.39, 0.29) is 0 Å². The van der Waals surface area contributed by atoms with Gasteiger partial charge >= 0.3 is 0 Å². The summed E-state index contributed by atoms with van der Waals surface area (Å²) in [5, 5.41) is 1.16. The maximum absolute atomic E-state index is 4.60. The number of imidazole rings is 1. The van der Waals surface area contributed by atoms with E-state index < -0.39 is 0 Å². The maximum Gasteiger partial charge on any atom is 0.141 e. The van der Waals surface area contributed by atoms with Crippen LogP contribution < -0.4 is 0 Å². The molecule has 1 aliphatic heterocycles. The fourth-order valence-corrected chi connectivity index (χ4v) is 2.90. The van der Waals surface area contributed by atoms with Crippen LogP contribution in [0.5, 0.6) is 0 Å². The third-order valence-corrected chi connectivity index (χ3v) is 3.74. The molecule has 2 bridgehead atoms. The number of benzene rings is 2. The molecule has 1 N–H and O–H groups in total. The van der Waals surface area contributed by atoms with Crippen molar-refractivity contribution in [2.75, 3.05) is 0 Å². The number of para-hydroxylation sites is 2. The standard InChI is InChI=1S/C16H8N3/c1-2-6-12-9(4-1)14-10-5-3-7-13-15(10)19-16(18-13)11(14)8-17-12/h1-7H,(H,18,19). The Labute approximate surface area is 108 Å². The summed E-state index contributed by atoms with van der Waals surface area (Å²) in [6, 6.07) is 14.4. The Kier molecular flexibility index (Phi) is 1.47. The number of nitrogens with zero attached hydrogens (tertiary/aromatic N) is 2. The fourth-order valence-electron chi connectivity index (χ4n) is 2.90. The van der Waals surface area contributed by atoms with Gasteiger partial charge in [-0.05, 0) is 12.1 Å². The molecule has 87 valence electrons. The minimum absolute atomic E-state index is 0.863. The van der Waals surface area contributed by atoms with E-state index in [9.17, 15) is 0 Å². The molecule has 0 saturated heterocycles. The van der Waals surface area contributed by atoms with Crippen molar-refractivity contribution < 1.29 is 0 Å². The average Bonchev–Trinajstić information content (AvgIpc) is 2.88. The van der Waals surface area contributed by atoms with Crippen LogP contribution in [0, 0.1) is 6.20 Å². The quantitative estimate of drug-likeness (QED) is 0.422. The molecule has 1 aliphatic rings. The number of hydrogen-bond donors (Lipinski definition) is 1. The van der Waals surface area contributed by atoms with Crippen LogP contribution in [0.25, 0.3) is 44.5 Å². The zero-order chi connectivity index (χ0) is 12.4. The van der Waals surface area contributed by atoms with Crippen LogP contribution in [0.1, 0.15) is 0 Å². The number of hydrogen-bond acceptors (Lipinski definition) is 2. The first-order chi connectivity index (χ1) is 9.42. The molecular formula is C16H8N3. The number of rotatable bonds is 0. The van der Waals surface area contributed by atoms with Crippen molar-refractivity contribution in [3.05, 3.63) is 48.7 Å². The molecule has 0 unspecified atom stereocenters. The van der Waals surface area contributed by atoms with Crippen LogP contribution in [0.3, 0.4) is 0 Å². The Hall–Kier alpha value is -2.68. The number of fused-ring (bicyclic) bond motifs is 6. The second-order valence-electron chi connectivity index (χ2n) is 4.78. The van der Waals surface area contributed by atoms with Crippen molar-refractivity contribution in [1.29, 1.82) is 0 Å². The van der Waals surface area contributed by atoms with Gasteiger partial charge in [-0.1, -0.05) is 30.3 Å². The molecule has 2 aromatic carbocycles. The van der Waals surface area contributed by atoms with Crippen LogP contribution in [0.2, 0.25) is 0 Å². The lowest BCUT2D eigenvalue weighted by Gasteiger charge is -2.13. The van der Waals surface area contributed by atoms with Crippen LogP contribution in [-0.4, -0.2) is 15.0 Å². The van der Waals surface area contributed by atoms with E-state index in [4.69, 9.17) is 0 Å². The van der Waals surface area contributed by atoms with Gasteiger partial charge in [0.2, 0.25) is 0 Å². The van der Waals surface area contributed by atoms with Crippen LogP contribution in [0.4, 0.5) is 0 Å². The highest BCUT2D eigenvalue weighted by Gasteiger charge is 2.22. The second kappa shape index (κ2) is 3.01. The topological polar surface area (TPSA) is 41.6 Å². The molecule has 19 heavy (non-hydrogen) atoms. The van der Waals surface area contributed by atoms with Gasteiger partial charge in [-0.3, -0.25) is 0 Å². The molecule has 0 amide bonds. The van der Waals surface area contributed by atoms with Gasteiger partial charge < -0.3 is 4.98 Å². The smallest absolute Gasteiger partial charge is 0.141 e. The number of H-pyrrole nitrogens is 1. The van der Waals surface area contributed by atoms with Gasteiger partial charge in [-0.15, -0.1) is 0 Å². The summed E-state index contributed by atoms with van der Waals surface area (Å²) in [5.74, 6) is 0.863. The molecule has 0 spiro atoms. The van der Waals surface area contributed by atoms with Gasteiger partial charge in [-0.25, -0.2) is 9.97 Å². The van der Waals surface area contributed by atoms with E-state index in [1.165, 1.54) is 11.1 Å². The van der Waals surface area contributed by atoms with E-state index in [1.54, 1.807) is 0 Å². The summed E-state index contributed by atoms with van der Waals surface area (Å²) in [6.45, 7) is 0. The Morgan fingerprint density at radius 2 is 1.84 bits per heavy atom. The van der Waals surface area contributed by atoms with Gasteiger partial charge in [0.25, 0.3) is 0 Å². The van der Waals surface area contributed by atoms with Crippen molar-refractivity contribution in [1.82, 2.24) is 15.0 Å². The van der Waals surface area contributed by atoms with Crippen LogP contribution in [-0.2, 0) is 0 Å². The molecule has 1 radical (unpaired) electrons. The van der Waals surface area contributed by atoms with Crippen molar-refractivity contribution in [3.8, 4) is 22.5 Å². The number of aromatic amines is 1. The Morgan fingerprint density at radius 1 is 0.947 bits per heavy atom. The van der Waals surface area contributed by atoms with E-state index in [0.717, 1.165) is 33.3 Å². The summed E-state index contributed by atoms with van der Waals surface area (Å²) in [6.07, 6.45) is 3.13. The summed E-state index contributed by atoms with van der Waals surface area (Å²) < 4.78 is 0. The molecular weight excluding hydrogens is 234 g/mol. The molecule has 3 heterocycles. The van der Waals surface area contributed by atoms with Gasteiger partial charge in [0.1, 0.15) is 12.0 Å². The summed E-state index contributed by atoms with van der Waals surface area (Å²) in [5.41, 5.74) is 6.42. The Balaban J connectivity index is 2.09. The molecule has 0 fully saturated rings. The molecule has 0 saturated carbocycles. The lowest BCUT2D eigenvalue weighted by atomic mass is 9.94. The molecule has 0 aliphatic carbocycles. The lowest BCUT2D eigenvalue weighted by molar-refractivity contribution is 1.29. The zero-order valence-corrected chi connectivity index (χ0v) is 9.94. The zero-order valence-electron chi connectivity index (χ0n) is 9.94. The number of aromatic nitrogens is 3. The predicted octanol–water partition coefficient (Wildman–Crippen LogP) is 3.56. The Morgan fingerprint density at radius 3 is 2.84 bits per heavy atom. The van der Waals surface area contributed by atoms with E-state index in [2.05, 4.69) is 33.3 Å². The monoisotopic (exact) mass is 242 g/mol. The average molecular weight is 242 g/mol. The van der Waals surface area contributed by atoms with Crippen molar-refractivity contribution in [2.24, 2.45) is 0 Å². The van der Waals surface area contributed by atoms with E-state index in [0.29, 0.717) is 0 Å². The maximum atomic E-state index is 4.60. The third kappa shape index (κ3) is 1.03. The van der Waals surface area contributed by atoms with Crippen molar-refractivity contribution in [2.45, 2.75) is 0 Å². The SMILES string of the molecule is [c]1nc2ccccc2c2c1-c1nc3cccc-2c3[nH]1. The summed E-state index contributed by atoms with van der Waals surface area (Å²) >= 11 is 0. The molecule has 0 atom stereocenters. The first-order valence-electron chi connectivity index (χ1n) is 6.22. The third-order valence-electron chi connectivity index (χ3n) is 3.74. The highest BCUT2D eigenvalue weighted by molar-refractivity contribution is 6.10. The van der Waals surface area contributed by atoms with Crippen LogP contribution in [0.15, 0.2) is 42.5 Å². The molecule has 2 aromatic heterocycles. The van der Waals surface area contributed by atoms with Gasteiger partial charge in [-0.2, -0.15) is 0 Å². The first-order valence-corrected chi connectivity index (χ1v) is 6.22. The normalized spacial score (nSPS) is 12.2. The molecule has 3 heteroatoms. The number of pyridine rings is 2. The minimum Gasteiger partial charge on any atom is -0.337 e. The summed E-state index contributed by atoms with van der Waals surface area (Å²) in [4.78, 5) is 12.4. The Bertz CT molecular complexity index is 962. The second-order valence-corrected chi connectivity index (χ2v) is 4.78. The molecule has 3 nitrogen and oxygen atoms in total. The largest absolute Gasteiger partial charge is 0.337 e. The van der Waals surface area contributed by atoms with Gasteiger partial charge in [0, 0.05) is 16.5 Å². The lowest BCUT2D eigenvalue weighted by Crippen LogP contribution is -1.95. The predicted molar refractivity (Wildman–Crippen MR) is 74.7 cm³/mol. The fraction of sp³-hybridized carbons (Fsp3) is 0. The molecule has 4 aromatic rings. The highest BCUT2D eigenvalue weighted by atomic mass is 14.9. The summed E-state index contributed by atoms with van der Waals surface area (Å²) in [7, 11) is 0. The number of nitrogens with one attached hydrogen (secondary N) is 1. The van der Waals surface area contributed by atoms with Crippen LogP contribution >= 0.6 is 0 Å². The highest BCUT2D eigenvalue weighted by Crippen LogP contribution is 2.42. The molecule has 5 rings (SSSR count). The first kappa shape index (κ1) is 9.28. The van der Waals surface area contributed by atoms with Gasteiger partial charge in [0.15, 0.2) is 0 Å². The van der Waals surface area contributed by atoms with Gasteiger partial charge in [0.05, 0.1) is 22.1 Å². The minimum atomic E-state index is 0.863.